The van der Waals surface area contributed by atoms with Crippen LogP contribution in [-0.2, 0) is 22.7 Å². The molecule has 23 heavy (non-hydrogen) atoms. The van der Waals surface area contributed by atoms with Crippen LogP contribution in [0.5, 0.6) is 5.75 Å². The Bertz CT molecular complexity index is 836. The van der Waals surface area contributed by atoms with Crippen molar-refractivity contribution in [3.63, 3.8) is 0 Å². The third kappa shape index (κ3) is 3.21. The number of carbonyl (C=O) groups is 1. The lowest BCUT2D eigenvalue weighted by Gasteiger charge is -2.11. The van der Waals surface area contributed by atoms with Crippen molar-refractivity contribution in [1.29, 1.82) is 0 Å². The van der Waals surface area contributed by atoms with E-state index in [1.165, 1.54) is 0 Å². The summed E-state index contributed by atoms with van der Waals surface area (Å²) < 4.78 is 12.6. The Morgan fingerprint density at radius 1 is 1.09 bits per heavy atom. The molecule has 0 radical (unpaired) electrons. The number of hydrogen-bond donors (Lipinski definition) is 0. The number of fused-ring (bicyclic) bond motifs is 1. The van der Waals surface area contributed by atoms with Crippen molar-refractivity contribution in [2.24, 2.45) is 0 Å². The summed E-state index contributed by atoms with van der Waals surface area (Å²) in [6.07, 6.45) is 0. The average molecular weight is 309 g/mol. The number of nitrogens with zero attached hydrogens (tertiary/aromatic N) is 1. The van der Waals surface area contributed by atoms with Crippen LogP contribution in [0.15, 0.2) is 54.6 Å². The van der Waals surface area contributed by atoms with Gasteiger partial charge in [-0.15, -0.1) is 0 Å². The second-order valence-corrected chi connectivity index (χ2v) is 5.40. The van der Waals surface area contributed by atoms with E-state index in [0.29, 0.717) is 0 Å². The minimum absolute atomic E-state index is 0.203. The van der Waals surface area contributed by atoms with Gasteiger partial charge in [0.25, 0.3) is 0 Å². The van der Waals surface area contributed by atoms with E-state index in [1.807, 2.05) is 60.0 Å². The molecule has 0 spiro atoms. The summed E-state index contributed by atoms with van der Waals surface area (Å²) in [6.45, 7) is 2.41. The molecule has 3 aromatic rings. The maximum absolute atomic E-state index is 12.2. The van der Waals surface area contributed by atoms with Crippen molar-refractivity contribution in [3.05, 3.63) is 65.9 Å². The molecule has 0 amide bonds. The maximum Gasteiger partial charge on any atom is 0.326 e. The largest absolute Gasteiger partial charge is 0.496 e. The van der Waals surface area contributed by atoms with E-state index >= 15 is 0 Å². The van der Waals surface area contributed by atoms with E-state index in [2.05, 4.69) is 6.07 Å². The molecule has 3 rings (SSSR count). The standard InChI is InChI=1S/C19H19NO3/c1-14-11-15-7-3-5-9-17(15)20(14)12-19(21)23-13-16-8-4-6-10-18(16)22-2/h3-11H,12-13H2,1-2H3. The highest BCUT2D eigenvalue weighted by molar-refractivity contribution is 5.83. The number of esters is 1. The first-order valence-electron chi connectivity index (χ1n) is 7.51. The molecule has 0 fully saturated rings. The summed E-state index contributed by atoms with van der Waals surface area (Å²) in [6, 6.07) is 17.6. The first-order chi connectivity index (χ1) is 11.2. The second kappa shape index (κ2) is 6.57. The number of aryl methyl sites for hydroxylation is 1. The summed E-state index contributed by atoms with van der Waals surface area (Å²) in [7, 11) is 1.61. The van der Waals surface area contributed by atoms with Crippen LogP contribution in [0.1, 0.15) is 11.3 Å². The number of para-hydroxylation sites is 2. The minimum atomic E-state index is -0.264. The number of aromatic nitrogens is 1. The van der Waals surface area contributed by atoms with Gasteiger partial charge in [0.05, 0.1) is 7.11 Å². The summed E-state index contributed by atoms with van der Waals surface area (Å²) in [5.41, 5.74) is 2.94. The van der Waals surface area contributed by atoms with E-state index < -0.39 is 0 Å². The van der Waals surface area contributed by atoms with Crippen molar-refractivity contribution in [2.45, 2.75) is 20.1 Å². The van der Waals surface area contributed by atoms with Gasteiger partial charge in [-0.1, -0.05) is 36.4 Å². The topological polar surface area (TPSA) is 40.5 Å². The van der Waals surface area contributed by atoms with Gasteiger partial charge in [0.1, 0.15) is 18.9 Å². The molecule has 118 valence electrons. The fourth-order valence-electron chi connectivity index (χ4n) is 2.71. The molecule has 2 aromatic carbocycles. The highest BCUT2D eigenvalue weighted by Gasteiger charge is 2.11. The molecule has 0 saturated heterocycles. The lowest BCUT2D eigenvalue weighted by atomic mass is 10.2. The fourth-order valence-corrected chi connectivity index (χ4v) is 2.71. The summed E-state index contributed by atoms with van der Waals surface area (Å²) in [4.78, 5) is 12.2. The lowest BCUT2D eigenvalue weighted by Crippen LogP contribution is -2.14. The van der Waals surface area contributed by atoms with E-state index in [1.54, 1.807) is 7.11 Å². The van der Waals surface area contributed by atoms with Crippen LogP contribution in [0.25, 0.3) is 10.9 Å². The number of carbonyl (C=O) groups excluding carboxylic acids is 1. The molecular weight excluding hydrogens is 290 g/mol. The maximum atomic E-state index is 12.2. The number of rotatable bonds is 5. The van der Waals surface area contributed by atoms with Gasteiger partial charge in [-0.3, -0.25) is 4.79 Å². The van der Waals surface area contributed by atoms with Gasteiger partial charge < -0.3 is 14.0 Å². The Kier molecular flexibility index (Phi) is 4.33. The van der Waals surface area contributed by atoms with Gasteiger partial charge in [-0.25, -0.2) is 0 Å². The number of methoxy groups -OCH3 is 1. The van der Waals surface area contributed by atoms with E-state index in [9.17, 15) is 4.79 Å². The molecule has 0 saturated carbocycles. The summed E-state index contributed by atoms with van der Waals surface area (Å²) >= 11 is 0. The Hall–Kier alpha value is -2.75. The molecule has 0 bridgehead atoms. The molecule has 0 aliphatic rings. The average Bonchev–Trinajstić information content (AvgIpc) is 2.89. The van der Waals surface area contributed by atoms with Crippen molar-refractivity contribution < 1.29 is 14.3 Å². The molecule has 4 heteroatoms. The van der Waals surface area contributed by atoms with Crippen LogP contribution < -0.4 is 4.74 Å². The van der Waals surface area contributed by atoms with E-state index in [-0.39, 0.29) is 19.1 Å². The van der Waals surface area contributed by atoms with Crippen LogP contribution in [0, 0.1) is 6.92 Å². The van der Waals surface area contributed by atoms with Crippen LogP contribution in [0.4, 0.5) is 0 Å². The molecule has 0 unspecified atom stereocenters. The molecule has 1 aromatic heterocycles. The minimum Gasteiger partial charge on any atom is -0.496 e. The normalized spacial score (nSPS) is 10.7. The number of hydrogen-bond acceptors (Lipinski definition) is 3. The SMILES string of the molecule is COc1ccccc1COC(=O)Cn1c(C)cc2ccccc21. The van der Waals surface area contributed by atoms with Crippen LogP contribution in [0.3, 0.4) is 0 Å². The first kappa shape index (κ1) is 15.2. The zero-order valence-corrected chi connectivity index (χ0v) is 13.3. The zero-order valence-electron chi connectivity index (χ0n) is 13.3. The number of ether oxygens (including phenoxy) is 2. The smallest absolute Gasteiger partial charge is 0.326 e. The van der Waals surface area contributed by atoms with Crippen molar-refractivity contribution in [1.82, 2.24) is 4.57 Å². The second-order valence-electron chi connectivity index (χ2n) is 5.40. The molecule has 1 heterocycles. The van der Waals surface area contributed by atoms with Gasteiger partial charge in [0.15, 0.2) is 0 Å². The lowest BCUT2D eigenvalue weighted by molar-refractivity contribution is -0.145. The first-order valence-corrected chi connectivity index (χ1v) is 7.51. The Morgan fingerprint density at radius 3 is 2.65 bits per heavy atom. The molecule has 0 aliphatic carbocycles. The molecule has 0 N–H and O–H groups in total. The van der Waals surface area contributed by atoms with Gasteiger partial charge in [0.2, 0.25) is 0 Å². The van der Waals surface area contributed by atoms with Crippen LogP contribution >= 0.6 is 0 Å². The predicted octanol–water partition coefficient (Wildman–Crippen LogP) is 3.70. The highest BCUT2D eigenvalue weighted by atomic mass is 16.5. The van der Waals surface area contributed by atoms with Crippen LogP contribution in [-0.4, -0.2) is 17.6 Å². The molecular formula is C19H19NO3. The van der Waals surface area contributed by atoms with Crippen molar-refractivity contribution in [2.75, 3.05) is 7.11 Å². The van der Waals surface area contributed by atoms with Gasteiger partial charge in [-0.2, -0.15) is 0 Å². The van der Waals surface area contributed by atoms with Crippen molar-refractivity contribution >= 4 is 16.9 Å². The Labute approximate surface area is 135 Å². The van der Waals surface area contributed by atoms with Crippen molar-refractivity contribution in [3.8, 4) is 5.75 Å². The highest BCUT2D eigenvalue weighted by Crippen LogP contribution is 2.20. The van der Waals surface area contributed by atoms with Gasteiger partial charge in [0, 0.05) is 16.8 Å². The molecule has 0 atom stereocenters. The monoisotopic (exact) mass is 309 g/mol. The Balaban J connectivity index is 1.71. The van der Waals surface area contributed by atoms with Gasteiger partial charge >= 0.3 is 5.97 Å². The third-order valence-electron chi connectivity index (χ3n) is 3.89. The number of benzene rings is 2. The molecule has 4 nitrogen and oxygen atoms in total. The third-order valence-corrected chi connectivity index (χ3v) is 3.89. The predicted molar refractivity (Wildman–Crippen MR) is 89.5 cm³/mol. The fraction of sp³-hybridized carbons (Fsp3) is 0.211. The Morgan fingerprint density at radius 2 is 1.83 bits per heavy atom. The van der Waals surface area contributed by atoms with Gasteiger partial charge in [-0.05, 0) is 30.5 Å². The quantitative estimate of drug-likeness (QED) is 0.675. The summed E-state index contributed by atoms with van der Waals surface area (Å²) in [5, 5.41) is 1.13. The van der Waals surface area contributed by atoms with Crippen LogP contribution in [0.2, 0.25) is 0 Å². The zero-order chi connectivity index (χ0) is 16.2. The van der Waals surface area contributed by atoms with E-state index in [0.717, 1.165) is 27.9 Å². The summed E-state index contributed by atoms with van der Waals surface area (Å²) in [5.74, 6) is 0.461. The molecule has 0 aliphatic heterocycles. The van der Waals surface area contributed by atoms with E-state index in [4.69, 9.17) is 9.47 Å².